The molecule has 0 rings (SSSR count). The number of hydrogen-bond donors (Lipinski definition) is 0. The average Bonchev–Trinajstić information content (AvgIpc) is 2.46. The van der Waals surface area contributed by atoms with Gasteiger partial charge in [0.2, 0.25) is 10.5 Å². The highest BCUT2D eigenvalue weighted by molar-refractivity contribution is 6.90. The molecule has 0 amide bonds. The highest BCUT2D eigenvalue weighted by atomic mass is 28.4. The summed E-state index contributed by atoms with van der Waals surface area (Å²) in [4.78, 5) is 0. The molecule has 0 aromatic rings. The maximum atomic E-state index is 5.57. The second kappa shape index (κ2) is 13.5. The molecular weight excluding hydrogens is 365 g/mol. The van der Waals surface area contributed by atoms with Crippen molar-refractivity contribution in [3.8, 4) is 0 Å². The molecule has 0 aromatic carbocycles. The van der Waals surface area contributed by atoms with Gasteiger partial charge in [-0.2, -0.15) is 0 Å². The Bertz CT molecular complexity index is 245. The van der Waals surface area contributed by atoms with E-state index >= 15 is 0 Å². The Morgan fingerprint density at radius 3 is 1.58 bits per heavy atom. The molecule has 19 heavy (non-hydrogen) atoms. The molecule has 0 aliphatic rings. The van der Waals surface area contributed by atoms with Gasteiger partial charge in [0, 0.05) is 0 Å². The molecule has 0 unspecified atom stereocenters. The third kappa shape index (κ3) is 9.95. The van der Waals surface area contributed by atoms with Gasteiger partial charge in [-0.3, -0.25) is 0 Å². The SMILES string of the molecule is C=C[Si](C=C)(C=C)O[Si]O[Si]O[Si]O[Si]O[Si]O[Si]. The molecule has 97 valence electrons. The summed E-state index contributed by atoms with van der Waals surface area (Å²) in [6, 6.07) is 0. The van der Waals surface area contributed by atoms with Crippen LogP contribution in [-0.2, 0) is 24.7 Å². The van der Waals surface area contributed by atoms with E-state index in [4.69, 9.17) is 20.6 Å². The van der Waals surface area contributed by atoms with Gasteiger partial charge in [-0.05, 0) is 0 Å². The molecule has 0 spiro atoms. The molecule has 0 saturated carbocycles. The lowest BCUT2D eigenvalue weighted by Gasteiger charge is -2.18. The van der Waals surface area contributed by atoms with Gasteiger partial charge in [-0.25, -0.2) is 0 Å². The minimum Gasteiger partial charge on any atom is -0.435 e. The Balaban J connectivity index is 3.42. The lowest BCUT2D eigenvalue weighted by atomic mass is 11.2. The van der Waals surface area contributed by atoms with Gasteiger partial charge in [-0.1, -0.05) is 17.1 Å². The number of hydrogen-bond acceptors (Lipinski definition) is 6. The molecule has 0 bridgehead atoms. The Hall–Kier alpha value is 0.498. The van der Waals surface area contributed by atoms with Crippen LogP contribution >= 0.6 is 0 Å². The van der Waals surface area contributed by atoms with Crippen LogP contribution in [0.3, 0.4) is 0 Å². The highest BCUT2D eigenvalue weighted by Crippen LogP contribution is 2.07. The summed E-state index contributed by atoms with van der Waals surface area (Å²) in [5.41, 5.74) is 5.18. The molecule has 6 nitrogen and oxygen atoms in total. The fraction of sp³-hybridized carbons (Fsp3) is 0. The number of rotatable bonds is 14. The van der Waals surface area contributed by atoms with Gasteiger partial charge >= 0.3 is 50.0 Å². The zero-order valence-corrected chi connectivity index (χ0v) is 16.8. The van der Waals surface area contributed by atoms with Crippen LogP contribution in [0.4, 0.5) is 0 Å². The summed E-state index contributed by atoms with van der Waals surface area (Å²) >= 11 is 0. The molecule has 0 heterocycles. The molecule has 0 fully saturated rings. The van der Waals surface area contributed by atoms with Crippen molar-refractivity contribution >= 4 is 68.8 Å². The highest BCUT2D eigenvalue weighted by Gasteiger charge is 2.23. The summed E-state index contributed by atoms with van der Waals surface area (Å²) in [6.07, 6.45) is 0. The lowest BCUT2D eigenvalue weighted by molar-refractivity contribution is 0.378. The molecule has 13 heteroatoms. The fourth-order valence-corrected chi connectivity index (χ4v) is 5.95. The first-order valence-electron chi connectivity index (χ1n) is 4.54. The summed E-state index contributed by atoms with van der Waals surface area (Å²) < 4.78 is 30.3. The predicted molar refractivity (Wildman–Crippen MR) is 77.4 cm³/mol. The third-order valence-electron chi connectivity index (χ3n) is 1.55. The fourth-order valence-electron chi connectivity index (χ4n) is 0.619. The first-order chi connectivity index (χ1) is 9.24. The monoisotopic (exact) mass is 373 g/mol. The van der Waals surface area contributed by atoms with Crippen molar-refractivity contribution in [2.24, 2.45) is 0 Å². The van der Waals surface area contributed by atoms with Gasteiger partial charge in [0.05, 0.1) is 0 Å². The minimum absolute atomic E-state index is 0.101. The Morgan fingerprint density at radius 2 is 1.16 bits per heavy atom. The summed E-state index contributed by atoms with van der Waals surface area (Å²) in [6.45, 7) is 11.1. The van der Waals surface area contributed by atoms with Gasteiger partial charge in [0.1, 0.15) is 0 Å². The van der Waals surface area contributed by atoms with Crippen molar-refractivity contribution < 1.29 is 24.7 Å². The zero-order valence-electron chi connectivity index (χ0n) is 9.80. The minimum atomic E-state index is -2.25. The van der Waals surface area contributed by atoms with Crippen LogP contribution in [0.25, 0.3) is 0 Å². The van der Waals surface area contributed by atoms with E-state index in [2.05, 4.69) is 34.3 Å². The topological polar surface area (TPSA) is 55.4 Å². The first-order valence-corrected chi connectivity index (χ1v) is 11.2. The molecule has 0 aromatic heterocycles. The zero-order chi connectivity index (χ0) is 14.4. The average molecular weight is 374 g/mol. The normalized spacial score (nSPS) is 11.2. The van der Waals surface area contributed by atoms with E-state index in [1.54, 1.807) is 17.1 Å². The maximum absolute atomic E-state index is 5.57. The molecule has 13 radical (unpaired) electrons. The van der Waals surface area contributed by atoms with E-state index in [1.807, 2.05) is 0 Å². The van der Waals surface area contributed by atoms with Gasteiger partial charge in [0.15, 0.2) is 0 Å². The van der Waals surface area contributed by atoms with Crippen molar-refractivity contribution in [2.75, 3.05) is 0 Å². The van der Waals surface area contributed by atoms with Crippen molar-refractivity contribution in [1.29, 1.82) is 0 Å². The van der Waals surface area contributed by atoms with E-state index < -0.39 is 8.32 Å². The molecule has 0 atom stereocenters. The standard InChI is InChI=1S/C6H9O6Si7/c1-4-19(5-2,6-3)12-18-11-17-10-16-9-15-8-14-7-13/h4-6H,1-3H2. The Labute approximate surface area is 130 Å². The van der Waals surface area contributed by atoms with E-state index in [-0.39, 0.29) is 50.0 Å². The van der Waals surface area contributed by atoms with Gasteiger partial charge in [-0.15, -0.1) is 19.7 Å². The summed E-state index contributed by atoms with van der Waals surface area (Å²) in [5, 5.41) is 0. The Kier molecular flexibility index (Phi) is 13.8. The third-order valence-corrected chi connectivity index (χ3v) is 8.21. The van der Waals surface area contributed by atoms with Crippen molar-refractivity contribution in [3.05, 3.63) is 36.8 Å². The largest absolute Gasteiger partial charge is 0.435 e. The van der Waals surface area contributed by atoms with Crippen LogP contribution in [0, 0.1) is 0 Å². The quantitative estimate of drug-likeness (QED) is 0.286. The van der Waals surface area contributed by atoms with Crippen molar-refractivity contribution in [2.45, 2.75) is 0 Å². The van der Waals surface area contributed by atoms with Crippen molar-refractivity contribution in [3.63, 3.8) is 0 Å². The maximum Gasteiger partial charge on any atom is 0.412 e. The Morgan fingerprint density at radius 1 is 0.737 bits per heavy atom. The van der Waals surface area contributed by atoms with Gasteiger partial charge < -0.3 is 24.7 Å². The summed E-state index contributed by atoms with van der Waals surface area (Å²) in [7, 11) is -0.142. The van der Waals surface area contributed by atoms with Gasteiger partial charge in [0.25, 0.3) is 8.32 Å². The van der Waals surface area contributed by atoms with Crippen LogP contribution < -0.4 is 0 Å². The van der Waals surface area contributed by atoms with Crippen LogP contribution in [0.15, 0.2) is 36.8 Å². The van der Waals surface area contributed by atoms with E-state index in [0.717, 1.165) is 0 Å². The second-order valence-electron chi connectivity index (χ2n) is 2.49. The molecule has 0 aliphatic carbocycles. The van der Waals surface area contributed by atoms with Crippen LogP contribution in [0.2, 0.25) is 0 Å². The van der Waals surface area contributed by atoms with Crippen LogP contribution in [-0.4, -0.2) is 68.8 Å². The smallest absolute Gasteiger partial charge is 0.412 e. The summed E-state index contributed by atoms with van der Waals surface area (Å²) in [5.74, 6) is 0. The second-order valence-corrected chi connectivity index (χ2v) is 11.2. The van der Waals surface area contributed by atoms with Crippen LogP contribution in [0.5, 0.6) is 0 Å². The predicted octanol–water partition coefficient (Wildman–Crippen LogP) is -1.04. The van der Waals surface area contributed by atoms with E-state index in [0.29, 0.717) is 0 Å². The van der Waals surface area contributed by atoms with Crippen LogP contribution in [0.1, 0.15) is 0 Å². The van der Waals surface area contributed by atoms with E-state index in [9.17, 15) is 0 Å². The molecule has 0 N–H and O–H groups in total. The van der Waals surface area contributed by atoms with E-state index in [1.165, 1.54) is 0 Å². The molecule has 0 saturated heterocycles. The lowest BCUT2D eigenvalue weighted by Crippen LogP contribution is -2.34. The molecular formula is C6H9O6Si7. The van der Waals surface area contributed by atoms with Crippen molar-refractivity contribution in [1.82, 2.24) is 0 Å². The molecule has 0 aliphatic heterocycles. The first kappa shape index (κ1) is 19.5.